The first-order chi connectivity index (χ1) is 11.2. The minimum Gasteiger partial charge on any atom is -0.379 e. The second-order valence-corrected chi connectivity index (χ2v) is 6.73. The molecule has 0 atom stereocenters. The quantitative estimate of drug-likeness (QED) is 0.748. The monoisotopic (exact) mass is 324 g/mol. The van der Waals surface area contributed by atoms with Crippen LogP contribution in [0.1, 0.15) is 25.7 Å². The van der Waals surface area contributed by atoms with Gasteiger partial charge in [-0.3, -0.25) is 9.69 Å². The fourth-order valence-corrected chi connectivity index (χ4v) is 3.14. The smallest absolute Gasteiger partial charge is 0.317 e. The zero-order chi connectivity index (χ0) is 16.1. The lowest BCUT2D eigenvalue weighted by molar-refractivity contribution is -0.126. The highest BCUT2D eigenvalue weighted by Crippen LogP contribution is 2.21. The normalized spacial score (nSPS) is 23.6. The molecule has 2 aliphatic heterocycles. The summed E-state index contributed by atoms with van der Waals surface area (Å²) >= 11 is 0. The summed E-state index contributed by atoms with van der Waals surface area (Å²) in [6, 6.07) is 0.433. The Morgan fingerprint density at radius 1 is 1.00 bits per heavy atom. The number of carbonyl (C=O) groups is 2. The predicted octanol–water partition coefficient (Wildman–Crippen LogP) is 0.0188. The first-order valence-corrected chi connectivity index (χ1v) is 8.85. The summed E-state index contributed by atoms with van der Waals surface area (Å²) in [5, 5.41) is 6.05. The summed E-state index contributed by atoms with van der Waals surface area (Å²) in [7, 11) is 0. The molecule has 2 saturated heterocycles. The van der Waals surface area contributed by atoms with E-state index < -0.39 is 0 Å². The maximum Gasteiger partial charge on any atom is 0.317 e. The van der Waals surface area contributed by atoms with Gasteiger partial charge in [-0.2, -0.15) is 0 Å². The van der Waals surface area contributed by atoms with Crippen LogP contribution in [-0.2, 0) is 9.53 Å². The standard InChI is InChI=1S/C16H28N4O3/c21-15(17-5-8-19-9-11-23-12-10-19)13-3-6-20(7-4-13)16(22)18-14-1-2-14/h13-14H,1-12H2,(H,17,21)(H,18,22). The van der Waals surface area contributed by atoms with E-state index in [-0.39, 0.29) is 17.9 Å². The average Bonchev–Trinajstić information content (AvgIpc) is 3.40. The molecular weight excluding hydrogens is 296 g/mol. The van der Waals surface area contributed by atoms with E-state index in [1.807, 2.05) is 4.90 Å². The maximum atomic E-state index is 12.2. The molecule has 0 aromatic heterocycles. The molecule has 7 heteroatoms. The minimum absolute atomic E-state index is 0.0404. The van der Waals surface area contributed by atoms with Crippen LogP contribution in [0.15, 0.2) is 0 Å². The number of ether oxygens (including phenoxy) is 1. The van der Waals surface area contributed by atoms with Crippen LogP contribution in [0.2, 0.25) is 0 Å². The molecule has 1 aliphatic carbocycles. The summed E-state index contributed by atoms with van der Waals surface area (Å²) in [6.07, 6.45) is 3.74. The van der Waals surface area contributed by atoms with Crippen molar-refractivity contribution in [3.8, 4) is 0 Å². The van der Waals surface area contributed by atoms with Crippen LogP contribution < -0.4 is 10.6 Å². The topological polar surface area (TPSA) is 73.9 Å². The van der Waals surface area contributed by atoms with Crippen molar-refractivity contribution >= 4 is 11.9 Å². The Labute approximate surface area is 137 Å². The highest BCUT2D eigenvalue weighted by atomic mass is 16.5. The second kappa shape index (κ2) is 7.97. The Morgan fingerprint density at radius 2 is 1.70 bits per heavy atom. The van der Waals surface area contributed by atoms with Gasteiger partial charge in [0.2, 0.25) is 5.91 Å². The number of rotatable bonds is 5. The number of hydrogen-bond donors (Lipinski definition) is 2. The van der Waals surface area contributed by atoms with E-state index in [2.05, 4.69) is 15.5 Å². The van der Waals surface area contributed by atoms with Crippen molar-refractivity contribution in [2.24, 2.45) is 5.92 Å². The lowest BCUT2D eigenvalue weighted by Gasteiger charge is -2.31. The number of amides is 3. The van der Waals surface area contributed by atoms with Crippen molar-refractivity contribution in [1.82, 2.24) is 20.4 Å². The highest BCUT2D eigenvalue weighted by Gasteiger charge is 2.30. The molecule has 0 bridgehead atoms. The summed E-state index contributed by atoms with van der Waals surface area (Å²) in [5.74, 6) is 0.185. The molecule has 0 radical (unpaired) electrons. The van der Waals surface area contributed by atoms with Crippen molar-refractivity contribution in [1.29, 1.82) is 0 Å². The van der Waals surface area contributed by atoms with Crippen molar-refractivity contribution in [2.45, 2.75) is 31.7 Å². The molecule has 0 unspecified atom stereocenters. The van der Waals surface area contributed by atoms with Crippen molar-refractivity contribution in [3.05, 3.63) is 0 Å². The fraction of sp³-hybridized carbons (Fsp3) is 0.875. The number of carbonyl (C=O) groups excluding carboxylic acids is 2. The zero-order valence-corrected chi connectivity index (χ0v) is 13.8. The molecule has 0 aromatic carbocycles. The zero-order valence-electron chi connectivity index (χ0n) is 13.8. The van der Waals surface area contributed by atoms with E-state index in [9.17, 15) is 9.59 Å². The van der Waals surface area contributed by atoms with Gasteiger partial charge in [0.15, 0.2) is 0 Å². The van der Waals surface area contributed by atoms with Crippen LogP contribution in [0.25, 0.3) is 0 Å². The molecule has 0 spiro atoms. The van der Waals surface area contributed by atoms with Gasteiger partial charge in [-0.1, -0.05) is 0 Å². The van der Waals surface area contributed by atoms with Crippen molar-refractivity contribution in [2.75, 3.05) is 52.5 Å². The van der Waals surface area contributed by atoms with Gasteiger partial charge in [-0.05, 0) is 25.7 Å². The van der Waals surface area contributed by atoms with E-state index >= 15 is 0 Å². The molecule has 23 heavy (non-hydrogen) atoms. The van der Waals surface area contributed by atoms with E-state index in [4.69, 9.17) is 4.74 Å². The SMILES string of the molecule is O=C(NCCN1CCOCC1)C1CCN(C(=O)NC2CC2)CC1. The van der Waals surface area contributed by atoms with Crippen LogP contribution in [0.3, 0.4) is 0 Å². The van der Waals surface area contributed by atoms with Crippen molar-refractivity contribution < 1.29 is 14.3 Å². The van der Waals surface area contributed by atoms with Gasteiger partial charge in [-0.15, -0.1) is 0 Å². The van der Waals surface area contributed by atoms with Crippen LogP contribution in [0.5, 0.6) is 0 Å². The van der Waals surface area contributed by atoms with E-state index in [1.165, 1.54) is 0 Å². The van der Waals surface area contributed by atoms with Gasteiger partial charge in [0, 0.05) is 51.2 Å². The van der Waals surface area contributed by atoms with E-state index in [1.54, 1.807) is 0 Å². The average molecular weight is 324 g/mol. The first kappa shape index (κ1) is 16.5. The Morgan fingerprint density at radius 3 is 2.35 bits per heavy atom. The number of likely N-dealkylation sites (tertiary alicyclic amines) is 1. The summed E-state index contributed by atoms with van der Waals surface area (Å²) in [4.78, 5) is 28.4. The number of morpholine rings is 1. The lowest BCUT2D eigenvalue weighted by atomic mass is 9.96. The number of hydrogen-bond acceptors (Lipinski definition) is 4. The number of nitrogens with one attached hydrogen (secondary N) is 2. The molecule has 2 N–H and O–H groups in total. The molecule has 3 aliphatic rings. The van der Waals surface area contributed by atoms with Crippen LogP contribution >= 0.6 is 0 Å². The molecular formula is C16H28N4O3. The molecule has 1 saturated carbocycles. The predicted molar refractivity (Wildman–Crippen MR) is 86.1 cm³/mol. The maximum absolute atomic E-state index is 12.2. The Balaban J connectivity index is 1.30. The molecule has 130 valence electrons. The van der Waals surface area contributed by atoms with E-state index in [0.717, 1.165) is 58.5 Å². The van der Waals surface area contributed by atoms with Gasteiger partial charge in [0.1, 0.15) is 0 Å². The molecule has 3 amide bonds. The summed E-state index contributed by atoms with van der Waals surface area (Å²) in [5.41, 5.74) is 0. The number of piperidine rings is 1. The molecule has 7 nitrogen and oxygen atoms in total. The molecule has 3 fully saturated rings. The Bertz CT molecular complexity index is 414. The number of urea groups is 1. The largest absolute Gasteiger partial charge is 0.379 e. The third-order valence-electron chi connectivity index (χ3n) is 4.89. The molecule has 0 aromatic rings. The van der Waals surface area contributed by atoms with Gasteiger partial charge < -0.3 is 20.3 Å². The number of nitrogens with zero attached hydrogens (tertiary/aromatic N) is 2. The van der Waals surface area contributed by atoms with Gasteiger partial charge >= 0.3 is 6.03 Å². The highest BCUT2D eigenvalue weighted by molar-refractivity contribution is 5.79. The Hall–Kier alpha value is -1.34. The van der Waals surface area contributed by atoms with Crippen LogP contribution in [0.4, 0.5) is 4.79 Å². The molecule has 3 rings (SSSR count). The first-order valence-electron chi connectivity index (χ1n) is 8.85. The van der Waals surface area contributed by atoms with Crippen molar-refractivity contribution in [3.63, 3.8) is 0 Å². The van der Waals surface area contributed by atoms with E-state index in [0.29, 0.717) is 25.7 Å². The summed E-state index contributed by atoms with van der Waals surface area (Å²) in [6.45, 7) is 6.42. The Kier molecular flexibility index (Phi) is 5.72. The summed E-state index contributed by atoms with van der Waals surface area (Å²) < 4.78 is 5.31. The van der Waals surface area contributed by atoms with Gasteiger partial charge in [0.25, 0.3) is 0 Å². The van der Waals surface area contributed by atoms with Gasteiger partial charge in [-0.25, -0.2) is 4.79 Å². The van der Waals surface area contributed by atoms with Crippen LogP contribution in [0, 0.1) is 5.92 Å². The van der Waals surface area contributed by atoms with Gasteiger partial charge in [0.05, 0.1) is 13.2 Å². The minimum atomic E-state index is 0.0404. The van der Waals surface area contributed by atoms with Crippen LogP contribution in [-0.4, -0.2) is 80.3 Å². The molecule has 2 heterocycles. The third-order valence-corrected chi connectivity index (χ3v) is 4.89. The lowest BCUT2D eigenvalue weighted by Crippen LogP contribution is -2.48. The third kappa shape index (κ3) is 5.07. The fourth-order valence-electron chi connectivity index (χ4n) is 3.14. The second-order valence-electron chi connectivity index (χ2n) is 6.73.